The minimum atomic E-state index is -0.839. The van der Waals surface area contributed by atoms with Crippen molar-refractivity contribution < 1.29 is 4.79 Å². The fraction of sp³-hybridized carbons (Fsp3) is 0.462. The van der Waals surface area contributed by atoms with E-state index in [9.17, 15) is 4.79 Å². The van der Waals surface area contributed by atoms with E-state index in [1.807, 2.05) is 30.3 Å². The van der Waals surface area contributed by atoms with Crippen LogP contribution in [-0.4, -0.2) is 11.3 Å². The summed E-state index contributed by atoms with van der Waals surface area (Å²) in [5.41, 5.74) is 8.90. The molecule has 4 heteroatoms. The standard InChI is InChI=1S/C13H15N3O/c14-16-15-13(9-5-4-8-12(13)17)10-11-6-2-1-3-7-11/h1-3,6-7H,4-5,8-10H2. The van der Waals surface area contributed by atoms with Gasteiger partial charge in [0.05, 0.1) is 0 Å². The Hall–Kier alpha value is -1.80. The lowest BCUT2D eigenvalue weighted by Gasteiger charge is -2.31. The van der Waals surface area contributed by atoms with Crippen LogP contribution < -0.4 is 0 Å². The van der Waals surface area contributed by atoms with Crippen LogP contribution in [0.25, 0.3) is 10.4 Å². The first kappa shape index (κ1) is 11.7. The smallest absolute Gasteiger partial charge is 0.145 e. The van der Waals surface area contributed by atoms with Crippen molar-refractivity contribution in [2.45, 2.75) is 37.6 Å². The molecule has 0 bridgehead atoms. The third-order valence-corrected chi connectivity index (χ3v) is 3.34. The highest BCUT2D eigenvalue weighted by Gasteiger charge is 2.38. The van der Waals surface area contributed by atoms with Gasteiger partial charge >= 0.3 is 0 Å². The SMILES string of the molecule is [N-]=[N+]=NC1(Cc2ccccc2)CCCCC1=O. The molecule has 88 valence electrons. The van der Waals surface area contributed by atoms with Crippen molar-refractivity contribution in [1.29, 1.82) is 0 Å². The van der Waals surface area contributed by atoms with E-state index in [1.54, 1.807) is 0 Å². The molecule has 1 aromatic carbocycles. The second-order valence-corrected chi connectivity index (χ2v) is 4.51. The third kappa shape index (κ3) is 2.48. The van der Waals surface area contributed by atoms with E-state index in [-0.39, 0.29) is 5.78 Å². The lowest BCUT2D eigenvalue weighted by molar-refractivity contribution is -0.126. The molecule has 0 aromatic heterocycles. The lowest BCUT2D eigenvalue weighted by atomic mass is 9.77. The second-order valence-electron chi connectivity index (χ2n) is 4.51. The fourth-order valence-electron chi connectivity index (χ4n) is 2.42. The molecule has 2 rings (SSSR count). The number of rotatable bonds is 3. The van der Waals surface area contributed by atoms with Gasteiger partial charge < -0.3 is 0 Å². The minimum absolute atomic E-state index is 0.0883. The molecule has 1 aromatic rings. The molecule has 17 heavy (non-hydrogen) atoms. The number of benzene rings is 1. The zero-order chi connectivity index (χ0) is 12.1. The summed E-state index contributed by atoms with van der Waals surface area (Å²) < 4.78 is 0. The summed E-state index contributed by atoms with van der Waals surface area (Å²) in [6.45, 7) is 0. The Morgan fingerprint density at radius 1 is 1.29 bits per heavy atom. The van der Waals surface area contributed by atoms with E-state index in [4.69, 9.17) is 5.53 Å². The predicted octanol–water partition coefficient (Wildman–Crippen LogP) is 3.42. The predicted molar refractivity (Wildman–Crippen MR) is 65.5 cm³/mol. The van der Waals surface area contributed by atoms with Crippen LogP contribution in [0.2, 0.25) is 0 Å². The van der Waals surface area contributed by atoms with Gasteiger partial charge in [0.25, 0.3) is 0 Å². The molecule has 0 radical (unpaired) electrons. The average molecular weight is 229 g/mol. The normalized spacial score (nSPS) is 24.1. The molecular formula is C13H15N3O. The van der Waals surface area contributed by atoms with Gasteiger partial charge in [-0.2, -0.15) is 0 Å². The summed E-state index contributed by atoms with van der Waals surface area (Å²) in [5, 5.41) is 3.82. The first-order chi connectivity index (χ1) is 8.27. The highest BCUT2D eigenvalue weighted by molar-refractivity contribution is 5.89. The zero-order valence-corrected chi connectivity index (χ0v) is 9.67. The molecule has 0 amide bonds. The largest absolute Gasteiger partial charge is 0.299 e. The van der Waals surface area contributed by atoms with Gasteiger partial charge in [0.2, 0.25) is 0 Å². The van der Waals surface area contributed by atoms with Crippen molar-refractivity contribution in [1.82, 2.24) is 0 Å². The fourth-order valence-corrected chi connectivity index (χ4v) is 2.42. The Kier molecular flexibility index (Phi) is 3.45. The quantitative estimate of drug-likeness (QED) is 0.445. The molecular weight excluding hydrogens is 214 g/mol. The van der Waals surface area contributed by atoms with Crippen LogP contribution in [0.5, 0.6) is 0 Å². The molecule has 0 heterocycles. The maximum Gasteiger partial charge on any atom is 0.145 e. The van der Waals surface area contributed by atoms with E-state index in [0.29, 0.717) is 19.3 Å². The molecule has 0 aliphatic heterocycles. The monoisotopic (exact) mass is 229 g/mol. The van der Waals surface area contributed by atoms with Gasteiger partial charge in [0.1, 0.15) is 11.3 Å². The Morgan fingerprint density at radius 3 is 2.71 bits per heavy atom. The van der Waals surface area contributed by atoms with Crippen molar-refractivity contribution in [2.24, 2.45) is 5.11 Å². The second kappa shape index (κ2) is 5.02. The van der Waals surface area contributed by atoms with Crippen LogP contribution >= 0.6 is 0 Å². The molecule has 1 atom stereocenters. The molecule has 1 aliphatic carbocycles. The lowest BCUT2D eigenvalue weighted by Crippen LogP contribution is -2.41. The summed E-state index contributed by atoms with van der Waals surface area (Å²) in [6.07, 6.45) is 3.60. The zero-order valence-electron chi connectivity index (χ0n) is 9.67. The Morgan fingerprint density at radius 2 is 2.06 bits per heavy atom. The van der Waals surface area contributed by atoms with Crippen molar-refractivity contribution >= 4 is 5.78 Å². The number of Topliss-reactive ketones (excluding diaryl/α,β-unsaturated/α-hetero) is 1. The van der Waals surface area contributed by atoms with Gasteiger partial charge in [0.15, 0.2) is 0 Å². The van der Waals surface area contributed by atoms with Crippen LogP contribution in [0.4, 0.5) is 0 Å². The van der Waals surface area contributed by atoms with Crippen molar-refractivity contribution in [3.63, 3.8) is 0 Å². The molecule has 4 nitrogen and oxygen atoms in total. The van der Waals surface area contributed by atoms with Crippen LogP contribution in [0.3, 0.4) is 0 Å². The number of hydrogen-bond donors (Lipinski definition) is 0. The highest BCUT2D eigenvalue weighted by atomic mass is 16.1. The Balaban J connectivity index is 2.28. The Labute approximate surface area is 100 Å². The van der Waals surface area contributed by atoms with Gasteiger partial charge in [0, 0.05) is 11.3 Å². The minimum Gasteiger partial charge on any atom is -0.299 e. The van der Waals surface area contributed by atoms with Crippen LogP contribution in [0.15, 0.2) is 35.4 Å². The number of nitrogens with zero attached hydrogens (tertiary/aromatic N) is 3. The number of ketones is 1. The molecule has 1 aliphatic rings. The van der Waals surface area contributed by atoms with Crippen molar-refractivity contribution in [3.05, 3.63) is 46.3 Å². The maximum atomic E-state index is 12.0. The summed E-state index contributed by atoms with van der Waals surface area (Å²) in [5.74, 6) is 0.0883. The molecule has 1 fully saturated rings. The van der Waals surface area contributed by atoms with E-state index in [0.717, 1.165) is 18.4 Å². The molecule has 0 spiro atoms. The number of carbonyl (C=O) groups is 1. The van der Waals surface area contributed by atoms with Gasteiger partial charge in [-0.3, -0.25) is 4.79 Å². The first-order valence-corrected chi connectivity index (χ1v) is 5.90. The summed E-state index contributed by atoms with van der Waals surface area (Å²) in [4.78, 5) is 14.9. The molecule has 0 N–H and O–H groups in total. The van der Waals surface area contributed by atoms with E-state index < -0.39 is 5.54 Å². The average Bonchev–Trinajstić information content (AvgIpc) is 2.35. The van der Waals surface area contributed by atoms with Crippen LogP contribution in [0, 0.1) is 0 Å². The first-order valence-electron chi connectivity index (χ1n) is 5.90. The topological polar surface area (TPSA) is 65.8 Å². The molecule has 1 unspecified atom stereocenters. The molecule has 0 saturated heterocycles. The van der Waals surface area contributed by atoms with Crippen LogP contribution in [-0.2, 0) is 11.2 Å². The van der Waals surface area contributed by atoms with Gasteiger partial charge in [-0.05, 0) is 30.4 Å². The third-order valence-electron chi connectivity index (χ3n) is 3.34. The number of hydrogen-bond acceptors (Lipinski definition) is 2. The summed E-state index contributed by atoms with van der Waals surface area (Å²) in [7, 11) is 0. The van der Waals surface area contributed by atoms with Gasteiger partial charge in [-0.25, -0.2) is 0 Å². The highest BCUT2D eigenvalue weighted by Crippen LogP contribution is 2.32. The molecule has 1 saturated carbocycles. The van der Waals surface area contributed by atoms with Crippen LogP contribution in [0.1, 0.15) is 31.2 Å². The number of carbonyl (C=O) groups excluding carboxylic acids is 1. The summed E-state index contributed by atoms with van der Waals surface area (Å²) in [6, 6.07) is 9.75. The Bertz CT molecular complexity index is 451. The van der Waals surface area contributed by atoms with Crippen molar-refractivity contribution in [3.8, 4) is 0 Å². The van der Waals surface area contributed by atoms with E-state index >= 15 is 0 Å². The van der Waals surface area contributed by atoms with Crippen molar-refractivity contribution in [2.75, 3.05) is 0 Å². The number of azide groups is 1. The van der Waals surface area contributed by atoms with E-state index in [1.165, 1.54) is 0 Å². The van der Waals surface area contributed by atoms with Gasteiger partial charge in [-0.1, -0.05) is 41.9 Å². The maximum absolute atomic E-state index is 12.0. The van der Waals surface area contributed by atoms with E-state index in [2.05, 4.69) is 10.0 Å². The van der Waals surface area contributed by atoms with Gasteiger partial charge in [-0.15, -0.1) is 0 Å². The summed E-state index contributed by atoms with van der Waals surface area (Å²) >= 11 is 0.